The Morgan fingerprint density at radius 3 is 2.59 bits per heavy atom. The van der Waals surface area contributed by atoms with E-state index in [9.17, 15) is 8.42 Å². The zero-order chi connectivity index (χ0) is 20.4. The second-order valence-corrected chi connectivity index (χ2v) is 9.20. The molecule has 4 rings (SSSR count). The zero-order valence-corrected chi connectivity index (χ0v) is 17.3. The molecule has 1 N–H and O–H groups in total. The van der Waals surface area contributed by atoms with E-state index < -0.39 is 10.0 Å². The van der Waals surface area contributed by atoms with Crippen LogP contribution in [0.3, 0.4) is 0 Å². The average Bonchev–Trinajstić information content (AvgIpc) is 3.16. The number of pyridine rings is 2. The Hall–Kier alpha value is -2.78. The van der Waals surface area contributed by atoms with Crippen LogP contribution in [-0.2, 0) is 17.1 Å². The van der Waals surface area contributed by atoms with Gasteiger partial charge >= 0.3 is 0 Å². The smallest absolute Gasteiger partial charge is 0.262 e. The summed E-state index contributed by atoms with van der Waals surface area (Å²) in [7, 11) is -1.78. The molecule has 4 heterocycles. The molecule has 3 aromatic heterocycles. The van der Waals surface area contributed by atoms with Crippen molar-refractivity contribution >= 4 is 21.5 Å². The maximum Gasteiger partial charge on any atom is 0.262 e. The lowest BCUT2D eigenvalue weighted by Crippen LogP contribution is -2.38. The molecule has 8 nitrogen and oxygen atoms in total. The summed E-state index contributed by atoms with van der Waals surface area (Å²) in [5.74, 6) is 0.995. The van der Waals surface area contributed by atoms with Crippen molar-refractivity contribution < 1.29 is 8.42 Å². The number of imidazole rings is 1. The lowest BCUT2D eigenvalue weighted by Gasteiger charge is -2.30. The molecule has 1 aliphatic heterocycles. The first-order chi connectivity index (χ1) is 13.9. The van der Waals surface area contributed by atoms with Crippen molar-refractivity contribution in [3.05, 3.63) is 60.4 Å². The molecule has 9 heteroatoms. The molecule has 0 bridgehead atoms. The minimum Gasteiger partial charge on any atom is -0.340 e. The Labute approximate surface area is 170 Å². The Bertz CT molecular complexity index is 1090. The second kappa shape index (κ2) is 7.92. The molecule has 0 aliphatic carbocycles. The number of piperidine rings is 1. The van der Waals surface area contributed by atoms with Gasteiger partial charge in [0.2, 0.25) is 0 Å². The highest BCUT2D eigenvalue weighted by molar-refractivity contribution is 7.89. The monoisotopic (exact) mass is 412 g/mol. The predicted molar refractivity (Wildman–Crippen MR) is 110 cm³/mol. The Morgan fingerprint density at radius 1 is 1.14 bits per heavy atom. The van der Waals surface area contributed by atoms with Crippen molar-refractivity contribution in [1.29, 1.82) is 0 Å². The van der Waals surface area contributed by atoms with Crippen LogP contribution in [0.15, 0.2) is 54.1 Å². The fourth-order valence-electron chi connectivity index (χ4n) is 3.61. The number of sulfonamides is 1. The summed E-state index contributed by atoms with van der Waals surface area (Å²) in [4.78, 5) is 13.0. The minimum atomic E-state index is -3.54. The van der Waals surface area contributed by atoms with Crippen LogP contribution < -0.4 is 5.32 Å². The lowest BCUT2D eigenvalue weighted by atomic mass is 9.93. The van der Waals surface area contributed by atoms with Crippen LogP contribution in [-0.4, -0.2) is 45.3 Å². The van der Waals surface area contributed by atoms with Crippen LogP contribution >= 0.6 is 0 Å². The van der Waals surface area contributed by atoms with Crippen LogP contribution in [0.2, 0.25) is 0 Å². The average molecular weight is 413 g/mol. The highest BCUT2D eigenvalue weighted by Gasteiger charge is 2.31. The van der Waals surface area contributed by atoms with Crippen molar-refractivity contribution in [1.82, 2.24) is 23.8 Å². The summed E-state index contributed by atoms with van der Waals surface area (Å²) >= 11 is 0. The van der Waals surface area contributed by atoms with Crippen LogP contribution in [0.1, 0.15) is 30.1 Å². The Kier molecular flexibility index (Phi) is 5.33. The van der Waals surface area contributed by atoms with Gasteiger partial charge in [-0.25, -0.2) is 18.4 Å². The van der Waals surface area contributed by atoms with E-state index in [2.05, 4.69) is 15.3 Å². The van der Waals surface area contributed by atoms with Crippen LogP contribution in [0.25, 0.3) is 0 Å². The van der Waals surface area contributed by atoms with E-state index in [4.69, 9.17) is 4.98 Å². The molecule has 1 saturated heterocycles. The van der Waals surface area contributed by atoms with E-state index in [-0.39, 0.29) is 10.9 Å². The second-order valence-electron chi connectivity index (χ2n) is 7.32. The molecule has 29 heavy (non-hydrogen) atoms. The van der Waals surface area contributed by atoms with Crippen molar-refractivity contribution in [3.8, 4) is 0 Å². The fraction of sp³-hybridized carbons (Fsp3) is 0.350. The number of hydrogen-bond donors (Lipinski definition) is 1. The van der Waals surface area contributed by atoms with Crippen LogP contribution in [0.4, 0.5) is 11.5 Å². The maximum atomic E-state index is 12.8. The van der Waals surface area contributed by atoms with E-state index in [1.165, 1.54) is 10.6 Å². The third kappa shape index (κ3) is 4.30. The number of rotatable bonds is 5. The third-order valence-electron chi connectivity index (χ3n) is 5.07. The van der Waals surface area contributed by atoms with E-state index in [1.54, 1.807) is 24.0 Å². The van der Waals surface area contributed by atoms with Crippen molar-refractivity contribution in [2.75, 3.05) is 18.4 Å². The number of anilines is 2. The predicted octanol–water partition coefficient (Wildman–Crippen LogP) is 2.83. The molecule has 0 radical (unpaired) electrons. The highest BCUT2D eigenvalue weighted by Crippen LogP contribution is 2.31. The summed E-state index contributed by atoms with van der Waals surface area (Å²) in [6.07, 6.45) is 6.25. The van der Waals surface area contributed by atoms with Crippen LogP contribution in [0.5, 0.6) is 0 Å². The number of aromatic nitrogens is 4. The van der Waals surface area contributed by atoms with E-state index >= 15 is 0 Å². The summed E-state index contributed by atoms with van der Waals surface area (Å²) in [6, 6.07) is 9.74. The van der Waals surface area contributed by atoms with Gasteiger partial charge in [0.25, 0.3) is 10.0 Å². The number of hydrogen-bond acceptors (Lipinski definition) is 6. The maximum absolute atomic E-state index is 12.8. The van der Waals surface area contributed by atoms with Crippen molar-refractivity contribution in [3.63, 3.8) is 0 Å². The van der Waals surface area contributed by atoms with Gasteiger partial charge in [-0.15, -0.1) is 0 Å². The van der Waals surface area contributed by atoms with Gasteiger partial charge in [-0.2, -0.15) is 4.31 Å². The molecule has 0 spiro atoms. The number of nitrogens with one attached hydrogen (secondary N) is 1. The molecule has 1 aliphatic rings. The van der Waals surface area contributed by atoms with E-state index in [0.717, 1.165) is 35.7 Å². The summed E-state index contributed by atoms with van der Waals surface area (Å²) < 4.78 is 28.7. The van der Waals surface area contributed by atoms with Gasteiger partial charge in [0.05, 0.1) is 6.33 Å². The minimum absolute atomic E-state index is 0.106. The summed E-state index contributed by atoms with van der Waals surface area (Å²) in [6.45, 7) is 2.89. The molecule has 0 unspecified atom stereocenters. The van der Waals surface area contributed by atoms with Crippen LogP contribution in [0, 0.1) is 6.92 Å². The largest absolute Gasteiger partial charge is 0.340 e. The SMILES string of the molecule is Cc1cc(Nc2ccccn2)cc(C2CCN(S(=O)(=O)c3cn(C)cn3)CC2)n1. The third-order valence-corrected chi connectivity index (χ3v) is 6.85. The quantitative estimate of drug-likeness (QED) is 0.693. The zero-order valence-electron chi connectivity index (χ0n) is 16.5. The Morgan fingerprint density at radius 2 is 1.93 bits per heavy atom. The first-order valence-electron chi connectivity index (χ1n) is 9.56. The van der Waals surface area contributed by atoms with Gasteiger partial charge in [-0.3, -0.25) is 4.98 Å². The molecule has 0 amide bonds. The standard InChI is InChI=1S/C20H24N6O2S/c1-15-11-17(24-19-5-3-4-8-21-19)12-18(23-15)16-6-9-26(10-7-16)29(27,28)20-13-25(2)14-22-20/h3-5,8,11-14,16H,6-7,9-10H2,1-2H3,(H,21,23,24). The summed E-state index contributed by atoms with van der Waals surface area (Å²) in [5.41, 5.74) is 2.84. The molecule has 0 saturated carbocycles. The van der Waals surface area contributed by atoms with Gasteiger partial charge in [0.1, 0.15) is 5.82 Å². The number of nitrogens with zero attached hydrogens (tertiary/aromatic N) is 5. The van der Waals surface area contributed by atoms with E-state index in [1.807, 2.05) is 37.3 Å². The topological polar surface area (TPSA) is 93.0 Å². The molecule has 152 valence electrons. The fourth-order valence-corrected chi connectivity index (χ4v) is 5.04. The first-order valence-corrected chi connectivity index (χ1v) is 11.0. The Balaban J connectivity index is 1.47. The summed E-state index contributed by atoms with van der Waals surface area (Å²) in [5, 5.41) is 3.42. The van der Waals surface area contributed by atoms with Gasteiger partial charge in [-0.1, -0.05) is 6.07 Å². The van der Waals surface area contributed by atoms with Gasteiger partial charge in [0, 0.05) is 55.5 Å². The normalized spacial score (nSPS) is 16.1. The lowest BCUT2D eigenvalue weighted by molar-refractivity contribution is 0.316. The van der Waals surface area contributed by atoms with Gasteiger partial charge in [0.15, 0.2) is 5.03 Å². The first kappa shape index (κ1) is 19.5. The molecule has 1 fully saturated rings. The highest BCUT2D eigenvalue weighted by atomic mass is 32.2. The molecule has 0 atom stereocenters. The van der Waals surface area contributed by atoms with Gasteiger partial charge in [-0.05, 0) is 44.0 Å². The number of aryl methyl sites for hydroxylation is 2. The molecule has 0 aromatic carbocycles. The van der Waals surface area contributed by atoms with Crippen molar-refractivity contribution in [2.45, 2.75) is 30.7 Å². The molecule has 3 aromatic rings. The van der Waals surface area contributed by atoms with E-state index in [0.29, 0.717) is 13.1 Å². The van der Waals surface area contributed by atoms with Crippen molar-refractivity contribution in [2.24, 2.45) is 7.05 Å². The molecular weight excluding hydrogens is 388 g/mol. The molecular formula is C20H24N6O2S. The van der Waals surface area contributed by atoms with Gasteiger partial charge < -0.3 is 9.88 Å².